The second kappa shape index (κ2) is 6.88. The molecule has 2 amide bonds. The number of carbonyl (C=O) groups is 2. The molecule has 1 atom stereocenters. The topological polar surface area (TPSA) is 91.5 Å². The maximum atomic E-state index is 12.3. The van der Waals surface area contributed by atoms with E-state index in [4.69, 9.17) is 4.74 Å². The van der Waals surface area contributed by atoms with Gasteiger partial charge in [-0.05, 0) is 12.1 Å². The molecule has 1 aromatic carbocycles. The lowest BCUT2D eigenvalue weighted by Crippen LogP contribution is -2.32. The Morgan fingerprint density at radius 3 is 2.92 bits per heavy atom. The van der Waals surface area contributed by atoms with Crippen LogP contribution in [0.15, 0.2) is 34.4 Å². The van der Waals surface area contributed by atoms with Crippen molar-refractivity contribution >= 4 is 28.8 Å². The van der Waals surface area contributed by atoms with Crippen LogP contribution in [0.1, 0.15) is 12.1 Å². The molecule has 7 nitrogen and oxygen atoms in total. The number of para-hydroxylation sites is 2. The third kappa shape index (κ3) is 3.33. The Bertz CT molecular complexity index is 813. The van der Waals surface area contributed by atoms with Crippen LogP contribution in [-0.2, 0) is 16.1 Å². The number of hydrogen-bond acceptors (Lipinski definition) is 5. The number of rotatable bonds is 5. The summed E-state index contributed by atoms with van der Waals surface area (Å²) in [5, 5.41) is 4.43. The van der Waals surface area contributed by atoms with Gasteiger partial charge in [-0.25, -0.2) is 0 Å². The SMILES string of the molecule is COc1ccccc1N1C[C@H](C(=O)NCc2csc(=O)[nH]2)CC1=O. The summed E-state index contributed by atoms with van der Waals surface area (Å²) in [6.45, 7) is 0.558. The number of amides is 2. The first-order valence-electron chi connectivity index (χ1n) is 7.46. The minimum absolute atomic E-state index is 0.108. The third-order valence-electron chi connectivity index (χ3n) is 3.90. The standard InChI is InChI=1S/C16H17N3O4S/c1-23-13-5-3-2-4-12(13)19-8-10(6-14(19)20)15(21)17-7-11-9-24-16(22)18-11/h2-5,9-10H,6-8H2,1H3,(H,17,21)(H,18,22)/t10-/m1/s1. The summed E-state index contributed by atoms with van der Waals surface area (Å²) < 4.78 is 5.28. The molecule has 1 aliphatic rings. The van der Waals surface area contributed by atoms with E-state index in [0.717, 1.165) is 11.3 Å². The molecule has 0 saturated carbocycles. The lowest BCUT2D eigenvalue weighted by atomic mass is 10.1. The Morgan fingerprint density at radius 1 is 1.42 bits per heavy atom. The van der Waals surface area contributed by atoms with Crippen molar-refractivity contribution in [1.82, 2.24) is 10.3 Å². The molecule has 1 saturated heterocycles. The van der Waals surface area contributed by atoms with Crippen LogP contribution in [0.3, 0.4) is 0 Å². The summed E-state index contributed by atoms with van der Waals surface area (Å²) in [6, 6.07) is 7.23. The molecule has 0 aliphatic carbocycles. The second-order valence-electron chi connectivity index (χ2n) is 5.47. The Labute approximate surface area is 142 Å². The van der Waals surface area contributed by atoms with Gasteiger partial charge in [-0.15, -0.1) is 0 Å². The molecule has 0 spiro atoms. The number of anilines is 1. The first kappa shape index (κ1) is 16.3. The maximum absolute atomic E-state index is 12.3. The van der Waals surface area contributed by atoms with Gasteiger partial charge in [0.05, 0.1) is 25.3 Å². The fourth-order valence-corrected chi connectivity index (χ4v) is 3.28. The Hall–Kier alpha value is -2.61. The zero-order valence-corrected chi connectivity index (χ0v) is 13.9. The first-order chi connectivity index (χ1) is 11.6. The third-order valence-corrected chi connectivity index (χ3v) is 4.61. The lowest BCUT2D eigenvalue weighted by molar-refractivity contribution is -0.126. The van der Waals surface area contributed by atoms with Crippen LogP contribution < -0.4 is 19.8 Å². The van der Waals surface area contributed by atoms with Gasteiger partial charge in [0, 0.05) is 24.0 Å². The number of aromatic nitrogens is 1. The summed E-state index contributed by atoms with van der Waals surface area (Å²) in [4.78, 5) is 39.7. The van der Waals surface area contributed by atoms with Crippen molar-refractivity contribution in [1.29, 1.82) is 0 Å². The molecule has 0 radical (unpaired) electrons. The highest BCUT2D eigenvalue weighted by Gasteiger charge is 2.36. The van der Waals surface area contributed by atoms with E-state index in [0.29, 0.717) is 23.7 Å². The number of thiazole rings is 1. The van der Waals surface area contributed by atoms with Crippen LogP contribution in [0.5, 0.6) is 5.75 Å². The molecule has 1 aromatic heterocycles. The van der Waals surface area contributed by atoms with Crippen molar-refractivity contribution in [3.63, 3.8) is 0 Å². The Morgan fingerprint density at radius 2 is 2.21 bits per heavy atom. The number of benzene rings is 1. The van der Waals surface area contributed by atoms with Gasteiger partial charge >= 0.3 is 4.87 Å². The molecule has 2 heterocycles. The number of methoxy groups -OCH3 is 1. The van der Waals surface area contributed by atoms with Gasteiger partial charge in [-0.1, -0.05) is 23.5 Å². The van der Waals surface area contributed by atoms with E-state index in [9.17, 15) is 14.4 Å². The minimum Gasteiger partial charge on any atom is -0.495 e. The monoisotopic (exact) mass is 347 g/mol. The summed E-state index contributed by atoms with van der Waals surface area (Å²) in [5.41, 5.74) is 1.33. The molecular weight excluding hydrogens is 330 g/mol. The van der Waals surface area contributed by atoms with Crippen LogP contribution in [0.2, 0.25) is 0 Å². The van der Waals surface area contributed by atoms with Gasteiger partial charge in [0.15, 0.2) is 0 Å². The van der Waals surface area contributed by atoms with Crippen molar-refractivity contribution < 1.29 is 14.3 Å². The average Bonchev–Trinajstić information content (AvgIpc) is 3.18. The van der Waals surface area contributed by atoms with Crippen LogP contribution >= 0.6 is 11.3 Å². The predicted octanol–water partition coefficient (Wildman–Crippen LogP) is 1.11. The van der Waals surface area contributed by atoms with Crippen LogP contribution in [0.25, 0.3) is 0 Å². The van der Waals surface area contributed by atoms with Crippen LogP contribution in [0.4, 0.5) is 5.69 Å². The van der Waals surface area contributed by atoms with Crippen LogP contribution in [-0.4, -0.2) is 30.5 Å². The molecule has 1 aliphatic heterocycles. The first-order valence-corrected chi connectivity index (χ1v) is 8.34. The van der Waals surface area contributed by atoms with Crippen molar-refractivity contribution in [3.05, 3.63) is 45.0 Å². The van der Waals surface area contributed by atoms with E-state index >= 15 is 0 Å². The van der Waals surface area contributed by atoms with E-state index in [1.807, 2.05) is 12.1 Å². The van der Waals surface area contributed by atoms with E-state index in [2.05, 4.69) is 10.3 Å². The van der Waals surface area contributed by atoms with Crippen LogP contribution in [0, 0.1) is 5.92 Å². The molecule has 8 heteroatoms. The van der Waals surface area contributed by atoms with E-state index < -0.39 is 5.92 Å². The average molecular weight is 347 g/mol. The van der Waals surface area contributed by atoms with E-state index in [-0.39, 0.29) is 29.7 Å². The van der Waals surface area contributed by atoms with Gasteiger partial charge < -0.3 is 19.9 Å². The highest BCUT2D eigenvalue weighted by Crippen LogP contribution is 2.32. The van der Waals surface area contributed by atoms with Gasteiger partial charge in [-0.2, -0.15) is 0 Å². The Kier molecular flexibility index (Phi) is 4.66. The van der Waals surface area contributed by atoms with Gasteiger partial charge in [0.25, 0.3) is 0 Å². The second-order valence-corrected chi connectivity index (χ2v) is 6.31. The summed E-state index contributed by atoms with van der Waals surface area (Å²) in [7, 11) is 1.55. The largest absolute Gasteiger partial charge is 0.495 e. The summed E-state index contributed by atoms with van der Waals surface area (Å²) in [5.74, 6) is -0.132. The smallest absolute Gasteiger partial charge is 0.304 e. The number of nitrogens with one attached hydrogen (secondary N) is 2. The molecule has 1 fully saturated rings. The van der Waals surface area contributed by atoms with Gasteiger partial charge in [-0.3, -0.25) is 14.4 Å². The normalized spacial score (nSPS) is 17.1. The quantitative estimate of drug-likeness (QED) is 0.848. The highest BCUT2D eigenvalue weighted by atomic mass is 32.1. The summed E-state index contributed by atoms with van der Waals surface area (Å²) >= 11 is 1.05. The highest BCUT2D eigenvalue weighted by molar-refractivity contribution is 7.07. The number of H-pyrrole nitrogens is 1. The van der Waals surface area contributed by atoms with Crippen molar-refractivity contribution in [2.75, 3.05) is 18.6 Å². The Balaban J connectivity index is 1.65. The van der Waals surface area contributed by atoms with Gasteiger partial charge in [0.1, 0.15) is 5.75 Å². The van der Waals surface area contributed by atoms with Crippen molar-refractivity contribution in [2.24, 2.45) is 5.92 Å². The molecule has 0 bridgehead atoms. The lowest BCUT2D eigenvalue weighted by Gasteiger charge is -2.19. The molecule has 2 aromatic rings. The number of ether oxygens (including phenoxy) is 1. The predicted molar refractivity (Wildman–Crippen MR) is 90.2 cm³/mol. The number of nitrogens with zero attached hydrogens (tertiary/aromatic N) is 1. The minimum atomic E-state index is -0.423. The maximum Gasteiger partial charge on any atom is 0.304 e. The van der Waals surface area contributed by atoms with Crippen molar-refractivity contribution in [3.8, 4) is 5.75 Å². The zero-order valence-electron chi connectivity index (χ0n) is 13.1. The fourth-order valence-electron chi connectivity index (χ4n) is 2.70. The number of hydrogen-bond donors (Lipinski definition) is 2. The summed E-state index contributed by atoms with van der Waals surface area (Å²) in [6.07, 6.45) is 0.157. The molecule has 24 heavy (non-hydrogen) atoms. The van der Waals surface area contributed by atoms with E-state index in [1.165, 1.54) is 0 Å². The molecular formula is C16H17N3O4S. The molecule has 0 unspecified atom stereocenters. The molecule has 2 N–H and O–H groups in total. The molecule has 126 valence electrons. The zero-order chi connectivity index (χ0) is 17.1. The molecule has 3 rings (SSSR count). The van der Waals surface area contributed by atoms with E-state index in [1.54, 1.807) is 29.5 Å². The fraction of sp³-hybridized carbons (Fsp3) is 0.312. The van der Waals surface area contributed by atoms with Crippen molar-refractivity contribution in [2.45, 2.75) is 13.0 Å². The number of carbonyl (C=O) groups excluding carboxylic acids is 2. The van der Waals surface area contributed by atoms with Gasteiger partial charge in [0.2, 0.25) is 11.8 Å². The number of aromatic amines is 1.